The molecule has 1 saturated heterocycles. The number of nitrogens with zero attached hydrogens (tertiary/aromatic N) is 3. The molecule has 86 valence electrons. The fourth-order valence-electron chi connectivity index (χ4n) is 1.36. The molecule has 0 saturated carbocycles. The van der Waals surface area contributed by atoms with Crippen molar-refractivity contribution >= 4 is 17.7 Å². The van der Waals surface area contributed by atoms with Crippen molar-refractivity contribution < 1.29 is 9.53 Å². The summed E-state index contributed by atoms with van der Waals surface area (Å²) in [6.07, 6.45) is -0.405. The van der Waals surface area contributed by atoms with Crippen molar-refractivity contribution in [2.75, 3.05) is 26.2 Å². The van der Waals surface area contributed by atoms with Gasteiger partial charge in [-0.05, 0) is 6.07 Å². The van der Waals surface area contributed by atoms with E-state index >= 15 is 0 Å². The van der Waals surface area contributed by atoms with Gasteiger partial charge in [0, 0.05) is 32.2 Å². The molecule has 7 heteroatoms. The second-order valence-corrected chi connectivity index (χ2v) is 3.69. The second kappa shape index (κ2) is 5.09. The molecule has 0 radical (unpaired) electrons. The van der Waals surface area contributed by atoms with Gasteiger partial charge in [-0.2, -0.15) is 0 Å². The molecule has 6 nitrogen and oxygen atoms in total. The number of halogens is 1. The number of amides is 1. The number of hydrogen-bond acceptors (Lipinski definition) is 5. The van der Waals surface area contributed by atoms with Crippen molar-refractivity contribution in [3.05, 3.63) is 17.3 Å². The van der Waals surface area contributed by atoms with Crippen LogP contribution in [0, 0.1) is 0 Å². The standard InChI is InChI=1S/C9H11ClN4O2/c10-7-1-2-8(13-12-7)16-9(15)14-5-3-11-4-6-14/h1-2,11H,3-6H2. The Hall–Kier alpha value is -1.40. The van der Waals surface area contributed by atoms with Gasteiger partial charge in [0.15, 0.2) is 5.15 Å². The maximum absolute atomic E-state index is 11.6. The van der Waals surface area contributed by atoms with E-state index < -0.39 is 6.09 Å². The Balaban J connectivity index is 1.93. The van der Waals surface area contributed by atoms with E-state index in [2.05, 4.69) is 15.5 Å². The Bertz CT molecular complexity index is 364. The molecule has 1 aromatic heterocycles. The van der Waals surface area contributed by atoms with Gasteiger partial charge in [-0.1, -0.05) is 11.6 Å². The molecule has 16 heavy (non-hydrogen) atoms. The average Bonchev–Trinajstić information content (AvgIpc) is 2.33. The first kappa shape index (κ1) is 11.1. The van der Waals surface area contributed by atoms with Crippen LogP contribution in [0.4, 0.5) is 4.79 Å². The Morgan fingerprint density at radius 3 is 2.75 bits per heavy atom. The van der Waals surface area contributed by atoms with Crippen molar-refractivity contribution in [2.45, 2.75) is 0 Å². The van der Waals surface area contributed by atoms with Crippen LogP contribution in [0.15, 0.2) is 12.1 Å². The number of hydrogen-bond donors (Lipinski definition) is 1. The van der Waals surface area contributed by atoms with Gasteiger partial charge < -0.3 is 15.0 Å². The van der Waals surface area contributed by atoms with Crippen LogP contribution < -0.4 is 10.1 Å². The summed E-state index contributed by atoms with van der Waals surface area (Å²) >= 11 is 5.56. The lowest BCUT2D eigenvalue weighted by Crippen LogP contribution is -2.47. The lowest BCUT2D eigenvalue weighted by atomic mass is 10.4. The highest BCUT2D eigenvalue weighted by molar-refractivity contribution is 6.29. The SMILES string of the molecule is O=C(Oc1ccc(Cl)nn1)N1CCNCC1. The van der Waals surface area contributed by atoms with Crippen molar-refractivity contribution in [1.29, 1.82) is 0 Å². The third kappa shape index (κ3) is 2.80. The van der Waals surface area contributed by atoms with Gasteiger partial charge in [-0.25, -0.2) is 4.79 Å². The summed E-state index contributed by atoms with van der Waals surface area (Å²) in [5.74, 6) is 0.160. The minimum atomic E-state index is -0.405. The van der Waals surface area contributed by atoms with Crippen molar-refractivity contribution in [2.24, 2.45) is 0 Å². The number of piperazine rings is 1. The smallest absolute Gasteiger partial charge is 0.389 e. The lowest BCUT2D eigenvalue weighted by molar-refractivity contribution is 0.143. The highest BCUT2D eigenvalue weighted by Crippen LogP contribution is 2.09. The van der Waals surface area contributed by atoms with E-state index in [1.165, 1.54) is 12.1 Å². The molecule has 1 aliphatic heterocycles. The molecule has 0 atom stereocenters. The maximum Gasteiger partial charge on any atom is 0.416 e. The van der Waals surface area contributed by atoms with E-state index in [0.29, 0.717) is 13.1 Å². The Morgan fingerprint density at radius 2 is 2.12 bits per heavy atom. The summed E-state index contributed by atoms with van der Waals surface area (Å²) in [5.41, 5.74) is 0. The van der Waals surface area contributed by atoms with E-state index in [1.54, 1.807) is 4.90 Å². The Morgan fingerprint density at radius 1 is 1.38 bits per heavy atom. The molecule has 2 rings (SSSR count). The van der Waals surface area contributed by atoms with Gasteiger partial charge in [-0.3, -0.25) is 0 Å². The summed E-state index contributed by atoms with van der Waals surface area (Å²) in [6.45, 7) is 2.84. The monoisotopic (exact) mass is 242 g/mol. The zero-order valence-corrected chi connectivity index (χ0v) is 9.28. The first-order valence-corrected chi connectivity index (χ1v) is 5.30. The van der Waals surface area contributed by atoms with E-state index in [-0.39, 0.29) is 11.0 Å². The van der Waals surface area contributed by atoms with Crippen LogP contribution >= 0.6 is 11.6 Å². The van der Waals surface area contributed by atoms with Crippen LogP contribution in [0.3, 0.4) is 0 Å². The first-order valence-electron chi connectivity index (χ1n) is 4.92. The van der Waals surface area contributed by atoms with Crippen LogP contribution in [0.25, 0.3) is 0 Å². The molecule has 1 amide bonds. The normalized spacial score (nSPS) is 15.9. The lowest BCUT2D eigenvalue weighted by Gasteiger charge is -2.25. The maximum atomic E-state index is 11.6. The van der Waals surface area contributed by atoms with Crippen LogP contribution in [0.5, 0.6) is 5.88 Å². The largest absolute Gasteiger partial charge is 0.416 e. The number of nitrogens with one attached hydrogen (secondary N) is 1. The van der Waals surface area contributed by atoms with Crippen LogP contribution in [0.2, 0.25) is 5.15 Å². The van der Waals surface area contributed by atoms with Gasteiger partial charge >= 0.3 is 6.09 Å². The molecule has 1 N–H and O–H groups in total. The molecule has 2 heterocycles. The number of ether oxygens (including phenoxy) is 1. The molecule has 1 fully saturated rings. The van der Waals surface area contributed by atoms with Crippen LogP contribution in [-0.4, -0.2) is 47.4 Å². The third-order valence-corrected chi connectivity index (χ3v) is 2.38. The fraction of sp³-hybridized carbons (Fsp3) is 0.444. The van der Waals surface area contributed by atoms with Crippen molar-refractivity contribution in [3.8, 4) is 5.88 Å². The Kier molecular flexibility index (Phi) is 3.53. The zero-order chi connectivity index (χ0) is 11.4. The predicted octanol–water partition coefficient (Wildman–Crippen LogP) is 0.534. The zero-order valence-electron chi connectivity index (χ0n) is 8.52. The van der Waals surface area contributed by atoms with Crippen molar-refractivity contribution in [3.63, 3.8) is 0 Å². The molecular weight excluding hydrogens is 232 g/mol. The molecule has 1 aliphatic rings. The quantitative estimate of drug-likeness (QED) is 0.778. The summed E-state index contributed by atoms with van der Waals surface area (Å²) in [4.78, 5) is 13.2. The number of rotatable bonds is 1. The molecule has 1 aromatic rings. The fourth-order valence-corrected chi connectivity index (χ4v) is 1.46. The highest BCUT2D eigenvalue weighted by Gasteiger charge is 2.18. The van der Waals surface area contributed by atoms with Gasteiger partial charge in [0.05, 0.1) is 0 Å². The first-order chi connectivity index (χ1) is 7.75. The molecule has 0 aliphatic carbocycles. The number of carbonyl (C=O) groups is 1. The minimum Gasteiger partial charge on any atom is -0.389 e. The summed E-state index contributed by atoms with van der Waals surface area (Å²) in [6, 6.07) is 3.03. The van der Waals surface area contributed by atoms with E-state index in [0.717, 1.165) is 13.1 Å². The molecule has 0 aromatic carbocycles. The Labute approximate surface area is 97.5 Å². The number of carbonyl (C=O) groups excluding carboxylic acids is 1. The summed E-state index contributed by atoms with van der Waals surface area (Å²) in [5, 5.41) is 10.6. The molecular formula is C9H11ClN4O2. The van der Waals surface area contributed by atoms with Gasteiger partial charge in [-0.15, -0.1) is 10.2 Å². The molecule has 0 unspecified atom stereocenters. The highest BCUT2D eigenvalue weighted by atomic mass is 35.5. The van der Waals surface area contributed by atoms with E-state index in [1.807, 2.05) is 0 Å². The third-order valence-electron chi connectivity index (χ3n) is 2.17. The molecule has 0 spiro atoms. The van der Waals surface area contributed by atoms with Crippen LogP contribution in [-0.2, 0) is 0 Å². The van der Waals surface area contributed by atoms with Crippen molar-refractivity contribution in [1.82, 2.24) is 20.4 Å². The number of aromatic nitrogens is 2. The van der Waals surface area contributed by atoms with Gasteiger partial charge in [0.1, 0.15) is 0 Å². The van der Waals surface area contributed by atoms with Crippen LogP contribution in [0.1, 0.15) is 0 Å². The minimum absolute atomic E-state index is 0.160. The summed E-state index contributed by atoms with van der Waals surface area (Å²) < 4.78 is 5.04. The predicted molar refractivity (Wildman–Crippen MR) is 57.5 cm³/mol. The van der Waals surface area contributed by atoms with E-state index in [4.69, 9.17) is 16.3 Å². The van der Waals surface area contributed by atoms with E-state index in [9.17, 15) is 4.79 Å². The molecule has 0 bridgehead atoms. The second-order valence-electron chi connectivity index (χ2n) is 3.30. The van der Waals surface area contributed by atoms with Gasteiger partial charge in [0.25, 0.3) is 0 Å². The van der Waals surface area contributed by atoms with Gasteiger partial charge in [0.2, 0.25) is 5.88 Å². The average molecular weight is 243 g/mol. The summed E-state index contributed by atoms with van der Waals surface area (Å²) in [7, 11) is 0. The topological polar surface area (TPSA) is 67.3 Å².